The molecule has 120 valence electrons. The van der Waals surface area contributed by atoms with Gasteiger partial charge in [0, 0.05) is 6.54 Å². The summed E-state index contributed by atoms with van der Waals surface area (Å²) in [5, 5.41) is 17.2. The van der Waals surface area contributed by atoms with E-state index < -0.39 is 0 Å². The van der Waals surface area contributed by atoms with Crippen molar-refractivity contribution in [2.45, 2.75) is 6.54 Å². The fourth-order valence-electron chi connectivity index (χ4n) is 2.76. The largest absolute Gasteiger partial charge is 0.363 e. The first-order valence-electron chi connectivity index (χ1n) is 8.01. The Morgan fingerprint density at radius 1 is 0.920 bits per heavy atom. The molecular formula is C21H15N3O. The van der Waals surface area contributed by atoms with Crippen LogP contribution in [0, 0.1) is 11.3 Å². The van der Waals surface area contributed by atoms with Crippen molar-refractivity contribution in [2.75, 3.05) is 5.32 Å². The number of rotatable bonds is 4. The summed E-state index contributed by atoms with van der Waals surface area (Å²) in [6.45, 7) is 0.619. The first-order chi connectivity index (χ1) is 12.3. The molecule has 1 aromatic heterocycles. The Morgan fingerprint density at radius 3 is 2.48 bits per heavy atom. The molecule has 0 fully saturated rings. The lowest BCUT2D eigenvalue weighted by atomic mass is 10.0. The molecular weight excluding hydrogens is 310 g/mol. The van der Waals surface area contributed by atoms with Crippen LogP contribution in [0.3, 0.4) is 0 Å². The van der Waals surface area contributed by atoms with E-state index in [-0.39, 0.29) is 0 Å². The molecule has 4 nitrogen and oxygen atoms in total. The number of hydrogen-bond donors (Lipinski definition) is 1. The first-order valence-corrected chi connectivity index (χ1v) is 8.01. The van der Waals surface area contributed by atoms with Gasteiger partial charge in [0.05, 0.1) is 17.0 Å². The van der Waals surface area contributed by atoms with Crippen LogP contribution in [0.1, 0.15) is 11.1 Å². The van der Waals surface area contributed by atoms with Gasteiger partial charge >= 0.3 is 0 Å². The Morgan fingerprint density at radius 2 is 1.72 bits per heavy atom. The van der Waals surface area contributed by atoms with Crippen molar-refractivity contribution >= 4 is 16.8 Å². The second-order valence-corrected chi connectivity index (χ2v) is 5.77. The summed E-state index contributed by atoms with van der Waals surface area (Å²) in [6, 6.07) is 25.9. The van der Waals surface area contributed by atoms with Crippen LogP contribution in [0.4, 0.5) is 5.82 Å². The first kappa shape index (κ1) is 15.0. The molecule has 1 N–H and O–H groups in total. The van der Waals surface area contributed by atoms with Crippen LogP contribution < -0.4 is 5.32 Å². The molecule has 0 saturated carbocycles. The van der Waals surface area contributed by atoms with E-state index in [2.05, 4.69) is 34.7 Å². The molecule has 0 aliphatic carbocycles. The molecule has 4 aromatic rings. The molecule has 1 heterocycles. The van der Waals surface area contributed by atoms with Crippen molar-refractivity contribution in [1.82, 2.24) is 5.16 Å². The molecule has 0 aliphatic heterocycles. The standard InChI is InChI=1S/C21H15N3O/c22-13-15-6-8-16(9-7-15)14-23-21-19-11-10-18(12-20(19)25-24-21)17-4-2-1-3-5-17/h1-12H,14H2,(H,23,24). The predicted octanol–water partition coefficient (Wildman–Crippen LogP) is 4.98. The van der Waals surface area contributed by atoms with Gasteiger partial charge < -0.3 is 9.84 Å². The second-order valence-electron chi connectivity index (χ2n) is 5.77. The maximum absolute atomic E-state index is 8.84. The van der Waals surface area contributed by atoms with Crippen LogP contribution in [0.25, 0.3) is 22.1 Å². The van der Waals surface area contributed by atoms with E-state index >= 15 is 0 Å². The lowest BCUT2D eigenvalue weighted by Crippen LogP contribution is -1.99. The summed E-state index contributed by atoms with van der Waals surface area (Å²) >= 11 is 0. The molecule has 0 unspecified atom stereocenters. The Labute approximate surface area is 145 Å². The van der Waals surface area contributed by atoms with Crippen LogP contribution in [-0.4, -0.2) is 5.16 Å². The summed E-state index contributed by atoms with van der Waals surface area (Å²) in [7, 11) is 0. The minimum Gasteiger partial charge on any atom is -0.363 e. The fraction of sp³-hybridized carbons (Fsp3) is 0.0476. The minimum atomic E-state index is 0.619. The molecule has 0 spiro atoms. The third-order valence-corrected chi connectivity index (χ3v) is 4.12. The van der Waals surface area contributed by atoms with E-state index in [9.17, 15) is 0 Å². The number of fused-ring (bicyclic) bond motifs is 1. The van der Waals surface area contributed by atoms with Crippen LogP contribution in [0.2, 0.25) is 0 Å². The quantitative estimate of drug-likeness (QED) is 0.575. The highest BCUT2D eigenvalue weighted by atomic mass is 16.5. The summed E-state index contributed by atoms with van der Waals surface area (Å²) < 4.78 is 5.48. The van der Waals surface area contributed by atoms with Crippen LogP contribution >= 0.6 is 0 Å². The summed E-state index contributed by atoms with van der Waals surface area (Å²) in [6.07, 6.45) is 0. The van der Waals surface area contributed by atoms with Gasteiger partial charge in [-0.1, -0.05) is 53.7 Å². The van der Waals surface area contributed by atoms with E-state index in [0.29, 0.717) is 12.1 Å². The van der Waals surface area contributed by atoms with E-state index in [1.807, 2.05) is 54.6 Å². The number of aromatic nitrogens is 1. The Balaban J connectivity index is 1.55. The average molecular weight is 325 g/mol. The van der Waals surface area contributed by atoms with Gasteiger partial charge in [0.2, 0.25) is 0 Å². The molecule has 4 heteroatoms. The van der Waals surface area contributed by atoms with Crippen molar-refractivity contribution in [3.05, 3.63) is 83.9 Å². The summed E-state index contributed by atoms with van der Waals surface area (Å²) in [4.78, 5) is 0. The van der Waals surface area contributed by atoms with Crippen LogP contribution in [0.5, 0.6) is 0 Å². The maximum atomic E-state index is 8.84. The Hall–Kier alpha value is -3.58. The molecule has 4 rings (SSSR count). The normalized spacial score (nSPS) is 10.5. The SMILES string of the molecule is N#Cc1ccc(CNc2noc3cc(-c4ccccc4)ccc23)cc1. The monoisotopic (exact) mass is 325 g/mol. The molecule has 0 radical (unpaired) electrons. The molecule has 3 aromatic carbocycles. The summed E-state index contributed by atoms with van der Waals surface area (Å²) in [5.41, 5.74) is 4.74. The Bertz CT molecular complexity index is 1040. The fourth-order valence-corrected chi connectivity index (χ4v) is 2.76. The highest BCUT2D eigenvalue weighted by Crippen LogP contribution is 2.28. The van der Waals surface area contributed by atoms with Crippen molar-refractivity contribution in [3.8, 4) is 17.2 Å². The Kier molecular flexibility index (Phi) is 3.89. The van der Waals surface area contributed by atoms with Crippen molar-refractivity contribution < 1.29 is 4.52 Å². The molecule has 0 saturated heterocycles. The lowest BCUT2D eigenvalue weighted by molar-refractivity contribution is 0.459. The van der Waals surface area contributed by atoms with Gasteiger partial charge in [0.15, 0.2) is 11.4 Å². The zero-order valence-electron chi connectivity index (χ0n) is 13.4. The molecule has 0 amide bonds. The van der Waals surface area contributed by atoms with Gasteiger partial charge in [-0.25, -0.2) is 0 Å². The minimum absolute atomic E-state index is 0.619. The van der Waals surface area contributed by atoms with E-state index in [4.69, 9.17) is 9.78 Å². The molecule has 0 atom stereocenters. The van der Waals surface area contributed by atoms with Crippen molar-refractivity contribution in [1.29, 1.82) is 5.26 Å². The van der Waals surface area contributed by atoms with Gasteiger partial charge in [-0.2, -0.15) is 5.26 Å². The topological polar surface area (TPSA) is 61.9 Å². The van der Waals surface area contributed by atoms with Crippen LogP contribution in [-0.2, 0) is 6.54 Å². The number of nitriles is 1. The number of nitrogens with zero attached hydrogens (tertiary/aromatic N) is 2. The van der Waals surface area contributed by atoms with Crippen molar-refractivity contribution in [3.63, 3.8) is 0 Å². The van der Waals surface area contributed by atoms with Gasteiger partial charge in [-0.05, 0) is 41.0 Å². The highest BCUT2D eigenvalue weighted by molar-refractivity contribution is 5.91. The number of nitrogens with one attached hydrogen (secondary N) is 1. The highest BCUT2D eigenvalue weighted by Gasteiger charge is 2.09. The van der Waals surface area contributed by atoms with Gasteiger partial charge in [-0.3, -0.25) is 0 Å². The van der Waals surface area contributed by atoms with E-state index in [1.54, 1.807) is 0 Å². The molecule has 0 aliphatic rings. The predicted molar refractivity (Wildman–Crippen MR) is 97.9 cm³/mol. The number of benzene rings is 3. The van der Waals surface area contributed by atoms with Crippen LogP contribution in [0.15, 0.2) is 77.3 Å². The van der Waals surface area contributed by atoms with Gasteiger partial charge in [0.25, 0.3) is 0 Å². The van der Waals surface area contributed by atoms with E-state index in [1.165, 1.54) is 0 Å². The zero-order chi connectivity index (χ0) is 17.1. The third-order valence-electron chi connectivity index (χ3n) is 4.12. The molecule has 25 heavy (non-hydrogen) atoms. The molecule has 0 bridgehead atoms. The lowest BCUT2D eigenvalue weighted by Gasteiger charge is -2.04. The van der Waals surface area contributed by atoms with Gasteiger partial charge in [0.1, 0.15) is 0 Å². The van der Waals surface area contributed by atoms with Gasteiger partial charge in [-0.15, -0.1) is 0 Å². The van der Waals surface area contributed by atoms with E-state index in [0.717, 1.165) is 33.5 Å². The third kappa shape index (κ3) is 3.08. The average Bonchev–Trinajstić information content (AvgIpc) is 3.10. The summed E-state index contributed by atoms with van der Waals surface area (Å²) in [5.74, 6) is 0.721. The zero-order valence-corrected chi connectivity index (χ0v) is 13.4. The maximum Gasteiger partial charge on any atom is 0.177 e. The number of hydrogen-bond acceptors (Lipinski definition) is 4. The smallest absolute Gasteiger partial charge is 0.177 e. The van der Waals surface area contributed by atoms with Crippen molar-refractivity contribution in [2.24, 2.45) is 0 Å². The second kappa shape index (κ2) is 6.50. The number of anilines is 1.